The van der Waals surface area contributed by atoms with Gasteiger partial charge in [0, 0.05) is 6.42 Å². The van der Waals surface area contributed by atoms with Crippen LogP contribution in [0.15, 0.2) is 56.2 Å². The number of carbonyl (C=O) groups excluding carboxylic acids is 1. The van der Waals surface area contributed by atoms with Crippen molar-refractivity contribution >= 4 is 11.5 Å². The highest BCUT2D eigenvalue weighted by molar-refractivity contribution is 5.73. The van der Waals surface area contributed by atoms with Gasteiger partial charge in [-0.2, -0.15) is 0 Å². The molecular weight excluding hydrogens is 260 g/mol. The van der Waals surface area contributed by atoms with Crippen LogP contribution >= 0.6 is 0 Å². The van der Waals surface area contributed by atoms with Crippen LogP contribution in [0, 0.1) is 0 Å². The largest absolute Gasteiger partial charge is 0.458 e. The molecule has 0 aliphatic carbocycles. The van der Waals surface area contributed by atoms with Crippen LogP contribution in [0.4, 0.5) is 0 Å². The predicted molar refractivity (Wildman–Crippen MR) is 91.0 cm³/mol. The average Bonchev–Trinajstić information content (AvgIpc) is 2.51. The Hall–Kier alpha value is -2.09. The van der Waals surface area contributed by atoms with E-state index in [1.165, 1.54) is 0 Å². The molecule has 1 unspecified atom stereocenters. The predicted octanol–water partition coefficient (Wildman–Crippen LogP) is 5.48. The number of hydrogen-bond donors (Lipinski definition) is 0. The number of carbonyl (C=O) groups is 1. The summed E-state index contributed by atoms with van der Waals surface area (Å²) >= 11 is 0. The summed E-state index contributed by atoms with van der Waals surface area (Å²) in [5, 5.41) is 0. The van der Waals surface area contributed by atoms with E-state index < -0.39 is 0 Å². The first kappa shape index (κ1) is 18.9. The summed E-state index contributed by atoms with van der Waals surface area (Å²) in [7, 11) is 0. The summed E-state index contributed by atoms with van der Waals surface area (Å²) < 4.78 is 5.36. The number of benzene rings is 1. The molecule has 1 atom stereocenters. The third-order valence-corrected chi connectivity index (χ3v) is 3.01. The quantitative estimate of drug-likeness (QED) is 0.393. The lowest BCUT2D eigenvalue weighted by Gasteiger charge is -2.14. The van der Waals surface area contributed by atoms with Crippen molar-refractivity contribution in [3.05, 3.63) is 67.3 Å². The molecule has 0 bridgehead atoms. The second kappa shape index (κ2) is 10.7. The molecule has 0 saturated heterocycles. The molecule has 0 aliphatic rings. The van der Waals surface area contributed by atoms with E-state index in [1.807, 2.05) is 57.2 Å². The smallest absolute Gasteiger partial charge is 0.306 e. The van der Waals surface area contributed by atoms with E-state index in [2.05, 4.69) is 19.7 Å². The number of allylic oxidation sites excluding steroid dienone is 3. The first-order valence-corrected chi connectivity index (χ1v) is 7.20. The first-order valence-electron chi connectivity index (χ1n) is 7.20. The molecule has 0 radical (unpaired) electrons. The van der Waals surface area contributed by atoms with Gasteiger partial charge in [0.25, 0.3) is 0 Å². The molecule has 0 amide bonds. The lowest BCUT2D eigenvalue weighted by Crippen LogP contribution is -2.08. The highest BCUT2D eigenvalue weighted by Crippen LogP contribution is 2.21. The van der Waals surface area contributed by atoms with Gasteiger partial charge in [-0.15, -0.1) is 13.2 Å². The summed E-state index contributed by atoms with van der Waals surface area (Å²) in [5.41, 5.74) is 3.23. The van der Waals surface area contributed by atoms with Crippen molar-refractivity contribution in [3.63, 3.8) is 0 Å². The van der Waals surface area contributed by atoms with E-state index in [9.17, 15) is 4.79 Å². The zero-order valence-corrected chi connectivity index (χ0v) is 13.4. The van der Waals surface area contributed by atoms with Crippen molar-refractivity contribution in [3.8, 4) is 0 Å². The molecule has 114 valence electrons. The fraction of sp³-hybridized carbons (Fsp3) is 0.316. The van der Waals surface area contributed by atoms with Crippen LogP contribution in [0.1, 0.15) is 50.8 Å². The van der Waals surface area contributed by atoms with Gasteiger partial charge in [0.1, 0.15) is 6.10 Å². The number of rotatable bonds is 6. The highest BCUT2D eigenvalue weighted by atomic mass is 16.5. The van der Waals surface area contributed by atoms with Crippen molar-refractivity contribution in [1.29, 1.82) is 0 Å². The Bertz CT molecular complexity index is 469. The molecule has 0 aromatic heterocycles. The Morgan fingerprint density at radius 2 is 1.86 bits per heavy atom. The second-order valence-corrected chi connectivity index (χ2v) is 4.45. The molecule has 1 rings (SSSR count). The van der Waals surface area contributed by atoms with Crippen molar-refractivity contribution < 1.29 is 9.53 Å². The third-order valence-electron chi connectivity index (χ3n) is 3.01. The van der Waals surface area contributed by atoms with Crippen LogP contribution in [0.3, 0.4) is 0 Å². The summed E-state index contributed by atoms with van der Waals surface area (Å²) in [6.07, 6.45) is 4.94. The first-order chi connectivity index (χ1) is 10.1. The molecule has 2 heteroatoms. The van der Waals surface area contributed by atoms with E-state index >= 15 is 0 Å². The fourth-order valence-electron chi connectivity index (χ4n) is 1.88. The summed E-state index contributed by atoms with van der Waals surface area (Å²) in [6.45, 7) is 15.6. The van der Waals surface area contributed by atoms with Crippen LogP contribution < -0.4 is 0 Å². The maximum atomic E-state index is 11.4. The third kappa shape index (κ3) is 6.26. The Balaban J connectivity index is 0.00000191. The van der Waals surface area contributed by atoms with Crippen LogP contribution in [0.2, 0.25) is 0 Å². The average molecular weight is 286 g/mol. The second-order valence-electron chi connectivity index (χ2n) is 4.45. The Labute approximate surface area is 128 Å². The van der Waals surface area contributed by atoms with Crippen molar-refractivity contribution in [2.75, 3.05) is 0 Å². The molecule has 0 saturated carbocycles. The molecule has 0 heterocycles. The van der Waals surface area contributed by atoms with E-state index in [4.69, 9.17) is 4.74 Å². The maximum Gasteiger partial charge on any atom is 0.306 e. The van der Waals surface area contributed by atoms with Crippen LogP contribution in [0.5, 0.6) is 0 Å². The summed E-state index contributed by atoms with van der Waals surface area (Å²) in [4.78, 5) is 11.4. The molecule has 0 spiro atoms. The Kier molecular flexibility index (Phi) is 9.61. The minimum atomic E-state index is -0.203. The van der Waals surface area contributed by atoms with Crippen molar-refractivity contribution in [1.82, 2.24) is 0 Å². The van der Waals surface area contributed by atoms with Gasteiger partial charge in [-0.1, -0.05) is 49.9 Å². The van der Waals surface area contributed by atoms with Gasteiger partial charge in [-0.25, -0.2) is 0 Å². The van der Waals surface area contributed by atoms with Crippen LogP contribution in [-0.4, -0.2) is 5.97 Å². The van der Waals surface area contributed by atoms with Gasteiger partial charge >= 0.3 is 5.97 Å². The lowest BCUT2D eigenvalue weighted by molar-refractivity contribution is -0.148. The molecule has 1 aromatic rings. The topological polar surface area (TPSA) is 26.3 Å². The SMILES string of the molecule is C=C.C=C/C(=C\C)c1ccc(C(C)OC(=O)CCC)cc1. The molecular formula is C19H26O2. The van der Waals surface area contributed by atoms with Gasteiger partial charge in [0.05, 0.1) is 0 Å². The minimum Gasteiger partial charge on any atom is -0.458 e. The van der Waals surface area contributed by atoms with Crippen molar-refractivity contribution in [2.45, 2.75) is 39.7 Å². The molecule has 1 aromatic carbocycles. The fourth-order valence-corrected chi connectivity index (χ4v) is 1.88. The minimum absolute atomic E-state index is 0.140. The zero-order valence-electron chi connectivity index (χ0n) is 13.4. The molecule has 0 N–H and O–H groups in total. The van der Waals surface area contributed by atoms with Crippen molar-refractivity contribution in [2.24, 2.45) is 0 Å². The molecule has 0 fully saturated rings. The molecule has 0 aliphatic heterocycles. The maximum absolute atomic E-state index is 11.4. The number of ether oxygens (including phenoxy) is 1. The Morgan fingerprint density at radius 1 is 1.29 bits per heavy atom. The van der Waals surface area contributed by atoms with E-state index in [1.54, 1.807) is 0 Å². The van der Waals surface area contributed by atoms with Crippen LogP contribution in [0.25, 0.3) is 5.57 Å². The van der Waals surface area contributed by atoms with Gasteiger partial charge in [-0.3, -0.25) is 4.79 Å². The summed E-state index contributed by atoms with van der Waals surface area (Å²) in [6, 6.07) is 8.03. The number of esters is 1. The standard InChI is InChI=1S/C17H22O2.C2H4/c1-5-8-17(18)19-13(4)15-9-11-16(12-10-15)14(6-2)7-3;1-2/h6-7,9-13H,2,5,8H2,1,3-4H3;1-2H2/b14-7+;. The van der Waals surface area contributed by atoms with Gasteiger partial charge in [-0.05, 0) is 37.0 Å². The monoisotopic (exact) mass is 286 g/mol. The van der Waals surface area contributed by atoms with Gasteiger partial charge < -0.3 is 4.74 Å². The normalized spacial score (nSPS) is 11.9. The summed E-state index contributed by atoms with van der Waals surface area (Å²) in [5.74, 6) is -0.140. The van der Waals surface area contributed by atoms with Gasteiger partial charge in [0.15, 0.2) is 0 Å². The van der Waals surface area contributed by atoms with Crippen LogP contribution in [-0.2, 0) is 9.53 Å². The zero-order chi connectivity index (χ0) is 16.3. The lowest BCUT2D eigenvalue weighted by atomic mass is 10.0. The van der Waals surface area contributed by atoms with Gasteiger partial charge in [0.2, 0.25) is 0 Å². The van der Waals surface area contributed by atoms with E-state index in [0.29, 0.717) is 6.42 Å². The number of hydrogen-bond acceptors (Lipinski definition) is 2. The van der Waals surface area contributed by atoms with E-state index in [-0.39, 0.29) is 12.1 Å². The molecule has 2 nitrogen and oxygen atoms in total. The highest BCUT2D eigenvalue weighted by Gasteiger charge is 2.10. The Morgan fingerprint density at radius 3 is 2.29 bits per heavy atom. The van der Waals surface area contributed by atoms with E-state index in [0.717, 1.165) is 23.1 Å². The molecule has 21 heavy (non-hydrogen) atoms.